The number of rotatable bonds is 7. The van der Waals surface area contributed by atoms with E-state index >= 15 is 0 Å². The minimum Gasteiger partial charge on any atom is -0.493 e. The second-order valence-electron chi connectivity index (χ2n) is 4.90. The van der Waals surface area contributed by atoms with Crippen molar-refractivity contribution in [3.63, 3.8) is 0 Å². The van der Waals surface area contributed by atoms with Crippen molar-refractivity contribution in [1.82, 2.24) is 4.90 Å². The summed E-state index contributed by atoms with van der Waals surface area (Å²) < 4.78 is 5.67. The summed E-state index contributed by atoms with van der Waals surface area (Å²) in [6.07, 6.45) is 0.899. The van der Waals surface area contributed by atoms with E-state index in [0.717, 1.165) is 16.9 Å². The van der Waals surface area contributed by atoms with Gasteiger partial charge in [0.2, 0.25) is 5.91 Å². The minimum atomic E-state index is 0.0338. The molecule has 1 rings (SSSR count). The van der Waals surface area contributed by atoms with Crippen molar-refractivity contribution in [2.45, 2.75) is 26.7 Å². The number of benzene rings is 1. The highest BCUT2D eigenvalue weighted by Gasteiger charge is 2.09. The van der Waals surface area contributed by atoms with Crippen LogP contribution in [0.15, 0.2) is 18.2 Å². The van der Waals surface area contributed by atoms with Crippen LogP contribution in [0.2, 0.25) is 0 Å². The molecule has 1 aromatic carbocycles. The summed E-state index contributed by atoms with van der Waals surface area (Å²) in [6.45, 7) is 4.93. The average Bonchev–Trinajstić information content (AvgIpc) is 2.39. The van der Waals surface area contributed by atoms with E-state index in [9.17, 15) is 4.79 Å². The lowest BCUT2D eigenvalue weighted by Gasteiger charge is -2.17. The van der Waals surface area contributed by atoms with E-state index in [-0.39, 0.29) is 5.91 Å². The second-order valence-corrected chi connectivity index (χ2v) is 5.42. The molecule has 0 saturated heterocycles. The van der Waals surface area contributed by atoms with Gasteiger partial charge in [-0.25, -0.2) is 0 Å². The van der Waals surface area contributed by atoms with Gasteiger partial charge in [-0.05, 0) is 31.0 Å². The summed E-state index contributed by atoms with van der Waals surface area (Å²) in [4.78, 5) is 13.9. The Bertz CT molecular complexity index is 489. The molecule has 0 bridgehead atoms. The number of carbonyl (C=O) groups excluding carboxylic acids is 1. The number of nitrogens with zero attached hydrogens (tertiary/aromatic N) is 1. The Morgan fingerprint density at radius 2 is 2.05 bits per heavy atom. The van der Waals surface area contributed by atoms with Gasteiger partial charge in [-0.15, -0.1) is 0 Å². The van der Waals surface area contributed by atoms with Gasteiger partial charge in [0, 0.05) is 20.0 Å². The first-order valence-corrected chi connectivity index (χ1v) is 7.03. The lowest BCUT2D eigenvalue weighted by molar-refractivity contribution is -0.130. The molecule has 5 heteroatoms. The molecule has 0 fully saturated rings. The van der Waals surface area contributed by atoms with Crippen LogP contribution >= 0.6 is 12.2 Å². The molecule has 1 aromatic rings. The number of aryl methyl sites for hydroxylation is 2. The molecule has 0 radical (unpaired) electrons. The number of carbonyl (C=O) groups is 1. The third kappa shape index (κ3) is 5.57. The fourth-order valence-corrected chi connectivity index (χ4v) is 1.80. The minimum absolute atomic E-state index is 0.0338. The number of hydrogen-bond acceptors (Lipinski definition) is 3. The average molecular weight is 294 g/mol. The van der Waals surface area contributed by atoms with E-state index in [0.29, 0.717) is 31.0 Å². The fraction of sp³-hybridized carbons (Fsp3) is 0.467. The number of amides is 1. The summed E-state index contributed by atoms with van der Waals surface area (Å²) >= 11 is 4.79. The number of nitrogens with two attached hydrogens (primary N) is 1. The maximum Gasteiger partial charge on any atom is 0.225 e. The van der Waals surface area contributed by atoms with Crippen LogP contribution in [-0.4, -0.2) is 36.0 Å². The third-order valence-corrected chi connectivity index (χ3v) is 3.24. The summed E-state index contributed by atoms with van der Waals surface area (Å²) in [5.41, 5.74) is 7.63. The summed E-state index contributed by atoms with van der Waals surface area (Å²) in [7, 11) is 1.75. The van der Waals surface area contributed by atoms with Gasteiger partial charge in [0.25, 0.3) is 0 Å². The van der Waals surface area contributed by atoms with Crippen molar-refractivity contribution in [3.8, 4) is 5.75 Å². The van der Waals surface area contributed by atoms with Crippen LogP contribution in [0.3, 0.4) is 0 Å². The van der Waals surface area contributed by atoms with Crippen molar-refractivity contribution in [2.75, 3.05) is 20.2 Å². The van der Waals surface area contributed by atoms with Gasteiger partial charge < -0.3 is 15.4 Å². The van der Waals surface area contributed by atoms with Gasteiger partial charge in [-0.3, -0.25) is 4.79 Å². The highest BCUT2D eigenvalue weighted by Crippen LogP contribution is 2.19. The molecule has 110 valence electrons. The van der Waals surface area contributed by atoms with Gasteiger partial charge in [0.1, 0.15) is 5.75 Å². The molecule has 0 heterocycles. The topological polar surface area (TPSA) is 55.6 Å². The zero-order valence-electron chi connectivity index (χ0n) is 12.3. The van der Waals surface area contributed by atoms with Gasteiger partial charge in [-0.1, -0.05) is 24.4 Å². The van der Waals surface area contributed by atoms with Crippen LogP contribution in [0.5, 0.6) is 5.75 Å². The molecular weight excluding hydrogens is 272 g/mol. The van der Waals surface area contributed by atoms with Crippen molar-refractivity contribution < 1.29 is 9.53 Å². The Morgan fingerprint density at radius 3 is 2.70 bits per heavy atom. The standard InChI is InChI=1S/C15H22N2O2S/c1-11-4-5-12(2)13(10-11)19-9-7-15(18)17(3)8-6-14(16)20/h4-5,10H,6-9H2,1-3H3,(H2,16,20). The predicted molar refractivity (Wildman–Crippen MR) is 85.1 cm³/mol. The fourth-order valence-electron chi connectivity index (χ4n) is 1.70. The Hall–Kier alpha value is -1.62. The monoisotopic (exact) mass is 294 g/mol. The molecule has 0 unspecified atom stereocenters. The van der Waals surface area contributed by atoms with Crippen LogP contribution in [0.25, 0.3) is 0 Å². The van der Waals surface area contributed by atoms with Crippen molar-refractivity contribution >= 4 is 23.1 Å². The van der Waals surface area contributed by atoms with Crippen LogP contribution < -0.4 is 10.5 Å². The van der Waals surface area contributed by atoms with E-state index in [1.807, 2.05) is 32.0 Å². The maximum absolute atomic E-state index is 11.9. The molecule has 0 aromatic heterocycles. The highest BCUT2D eigenvalue weighted by molar-refractivity contribution is 7.80. The van der Waals surface area contributed by atoms with Crippen molar-refractivity contribution in [1.29, 1.82) is 0 Å². The number of thiocarbonyl (C=S) groups is 1. The smallest absolute Gasteiger partial charge is 0.225 e. The van der Waals surface area contributed by atoms with Crippen LogP contribution in [-0.2, 0) is 4.79 Å². The molecule has 0 atom stereocenters. The first-order valence-electron chi connectivity index (χ1n) is 6.62. The Balaban J connectivity index is 2.38. The SMILES string of the molecule is Cc1ccc(C)c(OCCC(=O)N(C)CCC(N)=S)c1. The maximum atomic E-state index is 11.9. The van der Waals surface area contributed by atoms with Gasteiger partial charge >= 0.3 is 0 Å². The zero-order chi connectivity index (χ0) is 15.1. The molecule has 0 aliphatic heterocycles. The molecule has 0 spiro atoms. The molecule has 0 saturated carbocycles. The first-order chi connectivity index (χ1) is 9.40. The normalized spacial score (nSPS) is 10.2. The molecule has 4 nitrogen and oxygen atoms in total. The Kier molecular flexibility index (Phi) is 6.45. The van der Waals surface area contributed by atoms with Crippen LogP contribution in [0, 0.1) is 13.8 Å². The predicted octanol–water partition coefficient (Wildman–Crippen LogP) is 2.21. The number of ether oxygens (including phenoxy) is 1. The van der Waals surface area contributed by atoms with E-state index < -0.39 is 0 Å². The van der Waals surface area contributed by atoms with Gasteiger partial charge in [0.05, 0.1) is 18.0 Å². The molecule has 0 aliphatic rings. The summed E-state index contributed by atoms with van der Waals surface area (Å²) in [6, 6.07) is 6.04. The zero-order valence-corrected chi connectivity index (χ0v) is 13.1. The van der Waals surface area contributed by atoms with Crippen molar-refractivity contribution in [2.24, 2.45) is 5.73 Å². The van der Waals surface area contributed by atoms with E-state index in [2.05, 4.69) is 0 Å². The highest BCUT2D eigenvalue weighted by atomic mass is 32.1. The second kappa shape index (κ2) is 7.85. The Labute approximate surface area is 125 Å². The molecular formula is C15H22N2O2S. The number of hydrogen-bond donors (Lipinski definition) is 1. The van der Waals surface area contributed by atoms with E-state index in [4.69, 9.17) is 22.7 Å². The lowest BCUT2D eigenvalue weighted by Crippen LogP contribution is -2.30. The Morgan fingerprint density at radius 1 is 1.35 bits per heavy atom. The van der Waals surface area contributed by atoms with Crippen molar-refractivity contribution in [3.05, 3.63) is 29.3 Å². The molecule has 1 amide bonds. The quantitative estimate of drug-likeness (QED) is 0.783. The molecule has 2 N–H and O–H groups in total. The van der Waals surface area contributed by atoms with E-state index in [1.165, 1.54) is 0 Å². The van der Waals surface area contributed by atoms with E-state index in [1.54, 1.807) is 11.9 Å². The molecule has 20 heavy (non-hydrogen) atoms. The van der Waals surface area contributed by atoms with Crippen LogP contribution in [0.1, 0.15) is 24.0 Å². The molecule has 0 aliphatic carbocycles. The first kappa shape index (κ1) is 16.4. The lowest BCUT2D eigenvalue weighted by atomic mass is 10.1. The largest absolute Gasteiger partial charge is 0.493 e. The summed E-state index contributed by atoms with van der Waals surface area (Å²) in [5.74, 6) is 0.871. The third-order valence-electron chi connectivity index (χ3n) is 3.04. The van der Waals surface area contributed by atoms with Crippen LogP contribution in [0.4, 0.5) is 0 Å². The van der Waals surface area contributed by atoms with Gasteiger partial charge in [0.15, 0.2) is 0 Å². The summed E-state index contributed by atoms with van der Waals surface area (Å²) in [5, 5.41) is 0. The van der Waals surface area contributed by atoms with Gasteiger partial charge in [-0.2, -0.15) is 0 Å².